The summed E-state index contributed by atoms with van der Waals surface area (Å²) in [5, 5.41) is 1.94. The van der Waals surface area contributed by atoms with E-state index >= 15 is 0 Å². The van der Waals surface area contributed by atoms with Crippen LogP contribution < -0.4 is 10.9 Å². The molecular formula is C14H9ClF3IN2O2. The Kier molecular flexibility index (Phi) is 5.35. The lowest BCUT2D eigenvalue weighted by Gasteiger charge is -2.12. The monoisotopic (exact) mass is 456 g/mol. The van der Waals surface area contributed by atoms with Gasteiger partial charge in [-0.25, -0.2) is 0 Å². The highest BCUT2D eigenvalue weighted by atomic mass is 127. The summed E-state index contributed by atoms with van der Waals surface area (Å²) in [6, 6.07) is 7.41. The molecule has 0 aliphatic heterocycles. The minimum absolute atomic E-state index is 0.504. The number of carbonyl (C=O) groups is 1. The molecule has 0 atom stereocenters. The molecule has 2 aromatic rings. The number of hydrogen-bond acceptors (Lipinski definition) is 2. The molecular weight excluding hydrogens is 448 g/mol. The molecule has 1 aromatic carbocycles. The molecule has 0 radical (unpaired) electrons. The Labute approximate surface area is 147 Å². The maximum absolute atomic E-state index is 12.7. The standard InChI is InChI=1S/C14H9ClF3IN2O2/c15-9-5-8(14(16,17)18)6-21(13(9)23)7-12(22)20-11-4-2-1-3-10(11)19/h1-6H,7H2,(H,20,22). The van der Waals surface area contributed by atoms with Gasteiger partial charge in [-0.2, -0.15) is 13.2 Å². The maximum Gasteiger partial charge on any atom is 0.417 e. The van der Waals surface area contributed by atoms with Gasteiger partial charge in [0.05, 0.1) is 11.3 Å². The first kappa shape index (κ1) is 17.8. The van der Waals surface area contributed by atoms with Crippen LogP contribution in [0.5, 0.6) is 0 Å². The second-order valence-corrected chi connectivity index (χ2v) is 6.10. The molecule has 0 unspecified atom stereocenters. The molecule has 0 bridgehead atoms. The Bertz CT molecular complexity index is 805. The van der Waals surface area contributed by atoms with E-state index in [-0.39, 0.29) is 0 Å². The number of benzene rings is 1. The van der Waals surface area contributed by atoms with Crippen molar-refractivity contribution in [2.45, 2.75) is 12.7 Å². The van der Waals surface area contributed by atoms with Gasteiger partial charge >= 0.3 is 6.18 Å². The van der Waals surface area contributed by atoms with Crippen LogP contribution in [0.25, 0.3) is 0 Å². The van der Waals surface area contributed by atoms with Crippen molar-refractivity contribution in [1.82, 2.24) is 4.57 Å². The number of pyridine rings is 1. The molecule has 1 amide bonds. The van der Waals surface area contributed by atoms with E-state index in [1.54, 1.807) is 24.3 Å². The fourth-order valence-corrected chi connectivity index (χ4v) is 2.53. The Balaban J connectivity index is 2.26. The number of aromatic nitrogens is 1. The number of halogens is 5. The van der Waals surface area contributed by atoms with E-state index in [0.29, 0.717) is 22.5 Å². The van der Waals surface area contributed by atoms with Crippen LogP contribution in [0, 0.1) is 3.57 Å². The minimum atomic E-state index is -4.66. The number of para-hydroxylation sites is 1. The van der Waals surface area contributed by atoms with Crippen molar-refractivity contribution in [2.24, 2.45) is 0 Å². The van der Waals surface area contributed by atoms with Gasteiger partial charge in [0, 0.05) is 9.77 Å². The third kappa shape index (κ3) is 4.47. The third-order valence-electron chi connectivity index (χ3n) is 2.83. The first-order valence-electron chi connectivity index (χ1n) is 6.20. The number of amides is 1. The second-order valence-electron chi connectivity index (χ2n) is 4.54. The van der Waals surface area contributed by atoms with E-state index < -0.39 is 34.8 Å². The van der Waals surface area contributed by atoms with Gasteiger partial charge in [-0.15, -0.1) is 0 Å². The van der Waals surface area contributed by atoms with Gasteiger partial charge in [0.25, 0.3) is 5.56 Å². The van der Waals surface area contributed by atoms with Gasteiger partial charge in [-0.1, -0.05) is 23.7 Å². The fourth-order valence-electron chi connectivity index (χ4n) is 1.78. The van der Waals surface area contributed by atoms with Crippen LogP contribution in [0.1, 0.15) is 5.56 Å². The zero-order valence-corrected chi connectivity index (χ0v) is 14.2. The number of nitrogens with one attached hydrogen (secondary N) is 1. The van der Waals surface area contributed by atoms with Crippen LogP contribution in [0.4, 0.5) is 18.9 Å². The third-order valence-corrected chi connectivity index (χ3v) is 4.04. The van der Waals surface area contributed by atoms with E-state index in [1.165, 1.54) is 0 Å². The number of nitrogens with zero attached hydrogens (tertiary/aromatic N) is 1. The molecule has 1 aromatic heterocycles. The molecule has 9 heteroatoms. The number of anilines is 1. The number of carbonyl (C=O) groups excluding carboxylic acids is 1. The number of hydrogen-bond donors (Lipinski definition) is 1. The summed E-state index contributed by atoms with van der Waals surface area (Å²) < 4.78 is 39.6. The molecule has 0 aliphatic rings. The van der Waals surface area contributed by atoms with Crippen molar-refractivity contribution in [2.75, 3.05) is 5.32 Å². The van der Waals surface area contributed by atoms with Gasteiger partial charge in [-0.05, 0) is 40.8 Å². The average molecular weight is 457 g/mol. The van der Waals surface area contributed by atoms with Gasteiger partial charge in [0.2, 0.25) is 5.91 Å². The molecule has 0 spiro atoms. The smallest absolute Gasteiger partial charge is 0.324 e. The SMILES string of the molecule is O=C(Cn1cc(C(F)(F)F)cc(Cl)c1=O)Nc1ccccc1I. The average Bonchev–Trinajstić information content (AvgIpc) is 2.45. The molecule has 0 saturated heterocycles. The summed E-state index contributed by atoms with van der Waals surface area (Å²) in [5.41, 5.74) is -1.45. The molecule has 0 aliphatic carbocycles. The topological polar surface area (TPSA) is 51.1 Å². The summed E-state index contributed by atoms with van der Waals surface area (Å²) in [6.07, 6.45) is -4.09. The van der Waals surface area contributed by atoms with Crippen LogP contribution in [0.15, 0.2) is 41.3 Å². The molecule has 1 heterocycles. The molecule has 2 rings (SSSR count). The Morgan fingerprint density at radius 2 is 1.96 bits per heavy atom. The summed E-state index contributed by atoms with van der Waals surface area (Å²) in [4.78, 5) is 23.7. The largest absolute Gasteiger partial charge is 0.417 e. The second kappa shape index (κ2) is 6.91. The predicted molar refractivity (Wildman–Crippen MR) is 88.5 cm³/mol. The van der Waals surface area contributed by atoms with E-state index in [1.807, 2.05) is 22.6 Å². The highest BCUT2D eigenvalue weighted by molar-refractivity contribution is 14.1. The van der Waals surface area contributed by atoms with Crippen molar-refractivity contribution in [1.29, 1.82) is 0 Å². The van der Waals surface area contributed by atoms with Gasteiger partial charge in [0.1, 0.15) is 11.6 Å². The summed E-state index contributed by atoms with van der Waals surface area (Å²) in [7, 11) is 0. The lowest BCUT2D eigenvalue weighted by molar-refractivity contribution is -0.138. The molecule has 0 fully saturated rings. The predicted octanol–water partition coefficient (Wildman–Crippen LogP) is 3.76. The van der Waals surface area contributed by atoms with Crippen molar-refractivity contribution in [3.63, 3.8) is 0 Å². The lowest BCUT2D eigenvalue weighted by Crippen LogP contribution is -2.29. The highest BCUT2D eigenvalue weighted by Gasteiger charge is 2.32. The maximum atomic E-state index is 12.7. The minimum Gasteiger partial charge on any atom is -0.324 e. The van der Waals surface area contributed by atoms with Crippen LogP contribution in [-0.4, -0.2) is 10.5 Å². The zero-order valence-electron chi connectivity index (χ0n) is 11.3. The summed E-state index contributed by atoms with van der Waals surface area (Å²) >= 11 is 7.53. The summed E-state index contributed by atoms with van der Waals surface area (Å²) in [6.45, 7) is -0.576. The van der Waals surface area contributed by atoms with Crippen LogP contribution >= 0.6 is 34.2 Å². The highest BCUT2D eigenvalue weighted by Crippen LogP contribution is 2.29. The van der Waals surface area contributed by atoms with Crippen molar-refractivity contribution in [3.8, 4) is 0 Å². The molecule has 23 heavy (non-hydrogen) atoms. The van der Waals surface area contributed by atoms with Crippen molar-refractivity contribution >= 4 is 45.8 Å². The zero-order chi connectivity index (χ0) is 17.2. The first-order chi connectivity index (χ1) is 10.7. The molecule has 1 N–H and O–H groups in total. The first-order valence-corrected chi connectivity index (χ1v) is 7.65. The Morgan fingerprint density at radius 3 is 2.57 bits per heavy atom. The van der Waals surface area contributed by atoms with Crippen molar-refractivity contribution in [3.05, 3.63) is 61.0 Å². The fraction of sp³-hybridized carbons (Fsp3) is 0.143. The van der Waals surface area contributed by atoms with E-state index in [2.05, 4.69) is 5.32 Å². The number of rotatable bonds is 3. The number of alkyl halides is 3. The molecule has 4 nitrogen and oxygen atoms in total. The van der Waals surface area contributed by atoms with Gasteiger partial charge < -0.3 is 9.88 Å². The molecule has 0 saturated carbocycles. The normalized spacial score (nSPS) is 11.3. The summed E-state index contributed by atoms with van der Waals surface area (Å²) in [5.74, 6) is -0.633. The van der Waals surface area contributed by atoms with Crippen molar-refractivity contribution < 1.29 is 18.0 Å². The van der Waals surface area contributed by atoms with E-state index in [9.17, 15) is 22.8 Å². The molecule has 122 valence electrons. The Morgan fingerprint density at radius 1 is 1.30 bits per heavy atom. The van der Waals surface area contributed by atoms with E-state index in [4.69, 9.17) is 11.6 Å². The Hall–Kier alpha value is -1.55. The van der Waals surface area contributed by atoms with Crippen LogP contribution in [0.3, 0.4) is 0 Å². The van der Waals surface area contributed by atoms with Gasteiger partial charge in [0.15, 0.2) is 0 Å². The van der Waals surface area contributed by atoms with Gasteiger partial charge in [-0.3, -0.25) is 9.59 Å². The lowest BCUT2D eigenvalue weighted by atomic mass is 10.2. The van der Waals surface area contributed by atoms with Crippen LogP contribution in [-0.2, 0) is 17.5 Å². The quantitative estimate of drug-likeness (QED) is 0.715. The van der Waals surface area contributed by atoms with Crippen LogP contribution in [0.2, 0.25) is 5.02 Å². The van der Waals surface area contributed by atoms with E-state index in [0.717, 1.165) is 3.57 Å².